The van der Waals surface area contributed by atoms with Crippen molar-refractivity contribution in [3.05, 3.63) is 0 Å². The van der Waals surface area contributed by atoms with Gasteiger partial charge >= 0.3 is 0 Å². The third-order valence-corrected chi connectivity index (χ3v) is 11.5. The van der Waals surface area contributed by atoms with Gasteiger partial charge in [0.15, 0.2) is 0 Å². The Morgan fingerprint density at radius 3 is 2.33 bits per heavy atom. The van der Waals surface area contributed by atoms with E-state index >= 15 is 0 Å². The zero-order valence-electron chi connectivity index (χ0n) is 21.0. The minimum absolute atomic E-state index is 0.396. The van der Waals surface area contributed by atoms with E-state index in [1.807, 2.05) is 0 Å². The molecule has 0 heterocycles. The van der Waals surface area contributed by atoms with Crippen molar-refractivity contribution < 1.29 is 5.11 Å². The van der Waals surface area contributed by atoms with Crippen LogP contribution in [-0.2, 0) is 0 Å². The molecule has 30 heavy (non-hydrogen) atoms. The first-order valence-electron chi connectivity index (χ1n) is 13.9. The molecule has 0 aromatic carbocycles. The van der Waals surface area contributed by atoms with Gasteiger partial charge in [-0.15, -0.1) is 0 Å². The first kappa shape index (κ1) is 23.1. The van der Waals surface area contributed by atoms with Gasteiger partial charge in [0, 0.05) is 0 Å². The molecule has 4 fully saturated rings. The Kier molecular flexibility index (Phi) is 6.72. The summed E-state index contributed by atoms with van der Waals surface area (Å²) in [4.78, 5) is 0. The number of fused-ring (bicyclic) bond motifs is 5. The second-order valence-corrected chi connectivity index (χ2v) is 13.4. The standard InChI is InChI=1S/C29H52O/c1-6-7-9-21(2)10-8-11-22-13-15-25-24-14-12-23-20-27(3,30)18-19-29(23,5)26(24)16-17-28(22,25)4/h21-26,30H,6-20H2,1-5H3/t21?,22?,23?,24?,25?,26?,27-,28?,29?/m0/s1. The maximum absolute atomic E-state index is 10.7. The Balaban J connectivity index is 1.38. The summed E-state index contributed by atoms with van der Waals surface area (Å²) in [6, 6.07) is 0. The Hall–Kier alpha value is -0.0400. The molecule has 0 bridgehead atoms. The van der Waals surface area contributed by atoms with Crippen molar-refractivity contribution >= 4 is 0 Å². The molecule has 174 valence electrons. The van der Waals surface area contributed by atoms with E-state index in [0.29, 0.717) is 10.8 Å². The SMILES string of the molecule is CCCCC(C)CCCC1CCC2C3CCC4C[C@@](C)(O)CCC4(C)C3CCC12C. The molecule has 0 aromatic rings. The van der Waals surface area contributed by atoms with E-state index in [9.17, 15) is 5.11 Å². The number of hydrogen-bond acceptors (Lipinski definition) is 1. The van der Waals surface area contributed by atoms with Crippen molar-refractivity contribution in [1.29, 1.82) is 0 Å². The highest BCUT2D eigenvalue weighted by Crippen LogP contribution is 2.68. The van der Waals surface area contributed by atoms with Crippen LogP contribution in [0.1, 0.15) is 131 Å². The molecule has 1 N–H and O–H groups in total. The van der Waals surface area contributed by atoms with Crippen molar-refractivity contribution in [2.75, 3.05) is 0 Å². The van der Waals surface area contributed by atoms with Gasteiger partial charge in [-0.3, -0.25) is 0 Å². The molecule has 1 nitrogen and oxygen atoms in total. The van der Waals surface area contributed by atoms with Crippen LogP contribution in [0.3, 0.4) is 0 Å². The Morgan fingerprint density at radius 2 is 1.57 bits per heavy atom. The van der Waals surface area contributed by atoms with Crippen LogP contribution in [0.5, 0.6) is 0 Å². The predicted molar refractivity (Wildman–Crippen MR) is 128 cm³/mol. The van der Waals surface area contributed by atoms with Crippen molar-refractivity contribution in [2.45, 2.75) is 137 Å². The van der Waals surface area contributed by atoms with E-state index in [4.69, 9.17) is 0 Å². The van der Waals surface area contributed by atoms with Gasteiger partial charge in [-0.05, 0) is 117 Å². The highest BCUT2D eigenvalue weighted by molar-refractivity contribution is 5.10. The van der Waals surface area contributed by atoms with E-state index < -0.39 is 5.60 Å². The molecule has 8 unspecified atom stereocenters. The van der Waals surface area contributed by atoms with Crippen molar-refractivity contribution in [1.82, 2.24) is 0 Å². The number of rotatable bonds is 7. The lowest BCUT2D eigenvalue weighted by Gasteiger charge is -2.62. The number of aliphatic hydroxyl groups is 1. The van der Waals surface area contributed by atoms with Gasteiger partial charge in [-0.2, -0.15) is 0 Å². The minimum Gasteiger partial charge on any atom is -0.390 e. The third-order valence-electron chi connectivity index (χ3n) is 11.5. The van der Waals surface area contributed by atoms with Crippen molar-refractivity contribution in [2.24, 2.45) is 46.3 Å². The highest BCUT2D eigenvalue weighted by Gasteiger charge is 2.60. The molecule has 4 rings (SSSR count). The molecule has 4 saturated carbocycles. The molecular formula is C29H52O. The van der Waals surface area contributed by atoms with E-state index in [1.165, 1.54) is 83.5 Å². The van der Waals surface area contributed by atoms with E-state index in [1.54, 1.807) is 0 Å². The van der Waals surface area contributed by atoms with Gasteiger partial charge in [-0.25, -0.2) is 0 Å². The normalized spacial score (nSPS) is 49.2. The summed E-state index contributed by atoms with van der Waals surface area (Å²) in [5.41, 5.74) is 0.753. The average molecular weight is 417 g/mol. The second-order valence-electron chi connectivity index (χ2n) is 13.4. The Bertz CT molecular complexity index is 581. The Labute approximate surface area is 188 Å². The molecule has 1 heteroatoms. The molecule has 9 atom stereocenters. The fourth-order valence-corrected chi connectivity index (χ4v) is 9.42. The van der Waals surface area contributed by atoms with Crippen molar-refractivity contribution in [3.63, 3.8) is 0 Å². The van der Waals surface area contributed by atoms with Gasteiger partial charge in [0.05, 0.1) is 5.60 Å². The van der Waals surface area contributed by atoms with Gasteiger partial charge in [0.2, 0.25) is 0 Å². The average Bonchev–Trinajstić information content (AvgIpc) is 3.03. The van der Waals surface area contributed by atoms with Crippen LogP contribution in [-0.4, -0.2) is 10.7 Å². The summed E-state index contributed by atoms with van der Waals surface area (Å²) in [6.45, 7) is 12.3. The largest absolute Gasteiger partial charge is 0.390 e. The maximum Gasteiger partial charge on any atom is 0.0622 e. The molecular weight excluding hydrogens is 364 g/mol. The summed E-state index contributed by atoms with van der Waals surface area (Å²) in [6.07, 6.45) is 20.9. The lowest BCUT2D eigenvalue weighted by Crippen LogP contribution is -2.55. The van der Waals surface area contributed by atoms with Gasteiger partial charge in [-0.1, -0.05) is 59.8 Å². The number of unbranched alkanes of at least 4 members (excludes halogenated alkanes) is 1. The van der Waals surface area contributed by atoms with Crippen LogP contribution in [0.15, 0.2) is 0 Å². The van der Waals surface area contributed by atoms with E-state index in [0.717, 1.165) is 48.3 Å². The maximum atomic E-state index is 10.7. The fraction of sp³-hybridized carbons (Fsp3) is 1.00. The van der Waals surface area contributed by atoms with E-state index in [-0.39, 0.29) is 0 Å². The molecule has 4 aliphatic rings. The molecule has 0 aromatic heterocycles. The zero-order valence-corrected chi connectivity index (χ0v) is 21.0. The summed E-state index contributed by atoms with van der Waals surface area (Å²) < 4.78 is 0. The molecule has 0 saturated heterocycles. The summed E-state index contributed by atoms with van der Waals surface area (Å²) >= 11 is 0. The monoisotopic (exact) mass is 416 g/mol. The molecule has 4 aliphatic carbocycles. The fourth-order valence-electron chi connectivity index (χ4n) is 9.42. The first-order valence-corrected chi connectivity index (χ1v) is 13.9. The van der Waals surface area contributed by atoms with Crippen LogP contribution in [0.25, 0.3) is 0 Å². The second kappa shape index (κ2) is 8.72. The predicted octanol–water partition coefficient (Wildman–Crippen LogP) is 8.39. The summed E-state index contributed by atoms with van der Waals surface area (Å²) in [5, 5.41) is 10.7. The van der Waals surface area contributed by atoms with Crippen LogP contribution >= 0.6 is 0 Å². The van der Waals surface area contributed by atoms with Gasteiger partial charge in [0.25, 0.3) is 0 Å². The lowest BCUT2D eigenvalue weighted by molar-refractivity contribution is -0.146. The molecule has 0 aliphatic heterocycles. The van der Waals surface area contributed by atoms with Gasteiger partial charge in [0.1, 0.15) is 0 Å². The molecule has 0 radical (unpaired) electrons. The zero-order chi connectivity index (χ0) is 21.6. The van der Waals surface area contributed by atoms with E-state index in [2.05, 4.69) is 34.6 Å². The molecule has 0 spiro atoms. The van der Waals surface area contributed by atoms with Crippen molar-refractivity contribution in [3.8, 4) is 0 Å². The topological polar surface area (TPSA) is 20.2 Å². The third kappa shape index (κ3) is 4.15. The van der Waals surface area contributed by atoms with Crippen LogP contribution < -0.4 is 0 Å². The van der Waals surface area contributed by atoms with Crippen LogP contribution in [0.2, 0.25) is 0 Å². The van der Waals surface area contributed by atoms with Gasteiger partial charge < -0.3 is 5.11 Å². The smallest absolute Gasteiger partial charge is 0.0622 e. The summed E-state index contributed by atoms with van der Waals surface area (Å²) in [7, 11) is 0. The minimum atomic E-state index is -0.396. The summed E-state index contributed by atoms with van der Waals surface area (Å²) in [5.74, 6) is 5.64. The number of hydrogen-bond donors (Lipinski definition) is 1. The van der Waals surface area contributed by atoms with Crippen LogP contribution in [0.4, 0.5) is 0 Å². The lowest BCUT2D eigenvalue weighted by atomic mass is 9.44. The van der Waals surface area contributed by atoms with Crippen LogP contribution in [0, 0.1) is 46.3 Å². The Morgan fingerprint density at radius 1 is 0.833 bits per heavy atom. The highest BCUT2D eigenvalue weighted by atomic mass is 16.3. The molecule has 0 amide bonds. The first-order chi connectivity index (χ1) is 14.2. The quantitative estimate of drug-likeness (QED) is 0.441.